The number of aromatic nitrogens is 1. The molecule has 1 aliphatic rings. The van der Waals surface area contributed by atoms with E-state index in [0.717, 1.165) is 5.56 Å². The van der Waals surface area contributed by atoms with E-state index in [0.29, 0.717) is 31.7 Å². The first-order valence-corrected chi connectivity index (χ1v) is 6.97. The number of pyridine rings is 1. The Balaban J connectivity index is 1.84. The van der Waals surface area contributed by atoms with Crippen LogP contribution in [-0.2, 0) is 16.0 Å². The third-order valence-electron chi connectivity index (χ3n) is 3.89. The van der Waals surface area contributed by atoms with E-state index in [4.69, 9.17) is 5.11 Å². The van der Waals surface area contributed by atoms with Crippen LogP contribution in [0.1, 0.15) is 25.3 Å². The minimum atomic E-state index is -0.859. The fourth-order valence-corrected chi connectivity index (χ4v) is 2.86. The number of carboxylic acids is 1. The molecular weight excluding hydrogens is 256 g/mol. The van der Waals surface area contributed by atoms with Crippen LogP contribution in [0, 0.1) is 17.8 Å². The van der Waals surface area contributed by atoms with Crippen molar-refractivity contribution in [2.24, 2.45) is 17.8 Å². The number of carbonyl (C=O) groups excluding carboxylic acids is 1. The lowest BCUT2D eigenvalue weighted by atomic mass is 9.95. The van der Waals surface area contributed by atoms with E-state index >= 15 is 0 Å². The van der Waals surface area contributed by atoms with Gasteiger partial charge in [0.2, 0.25) is 5.91 Å². The summed E-state index contributed by atoms with van der Waals surface area (Å²) in [5.74, 6) is -1.63. The molecule has 5 heteroatoms. The van der Waals surface area contributed by atoms with Crippen molar-refractivity contribution in [1.29, 1.82) is 0 Å². The lowest BCUT2D eigenvalue weighted by Gasteiger charge is -2.15. The molecule has 1 saturated carbocycles. The summed E-state index contributed by atoms with van der Waals surface area (Å²) in [6, 6.07) is 3.81. The van der Waals surface area contributed by atoms with Crippen LogP contribution in [0.25, 0.3) is 0 Å². The molecule has 0 spiro atoms. The Morgan fingerprint density at radius 1 is 1.40 bits per heavy atom. The van der Waals surface area contributed by atoms with E-state index in [1.165, 1.54) is 0 Å². The average Bonchev–Trinajstić information content (AvgIpc) is 2.82. The zero-order valence-electron chi connectivity index (χ0n) is 11.6. The number of nitrogens with zero attached hydrogens (tertiary/aromatic N) is 1. The molecule has 0 saturated heterocycles. The second-order valence-corrected chi connectivity index (χ2v) is 5.53. The van der Waals surface area contributed by atoms with Gasteiger partial charge in [0, 0.05) is 18.9 Å². The van der Waals surface area contributed by atoms with Crippen LogP contribution in [0.2, 0.25) is 0 Å². The topological polar surface area (TPSA) is 79.3 Å². The van der Waals surface area contributed by atoms with Gasteiger partial charge in [-0.1, -0.05) is 13.0 Å². The summed E-state index contributed by atoms with van der Waals surface area (Å²) in [7, 11) is 0. The Hall–Kier alpha value is -1.91. The second-order valence-electron chi connectivity index (χ2n) is 5.53. The van der Waals surface area contributed by atoms with Gasteiger partial charge < -0.3 is 10.4 Å². The summed E-state index contributed by atoms with van der Waals surface area (Å²) < 4.78 is 0. The highest BCUT2D eigenvalue weighted by molar-refractivity contribution is 5.85. The van der Waals surface area contributed by atoms with Crippen LogP contribution in [0.4, 0.5) is 0 Å². The van der Waals surface area contributed by atoms with Crippen LogP contribution in [0.3, 0.4) is 0 Å². The standard InChI is InChI=1S/C15H20N2O3/c1-10-7-12(13(8-10)15(19)20)14(18)17-6-4-11-3-2-5-16-9-11/h2-3,5,9-10,12-13H,4,6-8H2,1H3,(H,17,18)(H,19,20). The molecule has 3 atom stereocenters. The van der Waals surface area contributed by atoms with Gasteiger partial charge in [-0.05, 0) is 36.8 Å². The van der Waals surface area contributed by atoms with Crippen molar-refractivity contribution in [3.63, 3.8) is 0 Å². The Labute approximate surface area is 118 Å². The Bertz CT molecular complexity index is 475. The molecule has 2 rings (SSSR count). The quantitative estimate of drug-likeness (QED) is 0.854. The van der Waals surface area contributed by atoms with Crippen molar-refractivity contribution < 1.29 is 14.7 Å². The highest BCUT2D eigenvalue weighted by Gasteiger charge is 2.40. The van der Waals surface area contributed by atoms with Crippen molar-refractivity contribution in [2.75, 3.05) is 6.54 Å². The van der Waals surface area contributed by atoms with Gasteiger partial charge in [-0.2, -0.15) is 0 Å². The van der Waals surface area contributed by atoms with Crippen LogP contribution >= 0.6 is 0 Å². The molecule has 20 heavy (non-hydrogen) atoms. The van der Waals surface area contributed by atoms with E-state index in [2.05, 4.69) is 10.3 Å². The van der Waals surface area contributed by atoms with Gasteiger partial charge in [-0.3, -0.25) is 14.6 Å². The van der Waals surface area contributed by atoms with Crippen LogP contribution < -0.4 is 5.32 Å². The number of aliphatic carboxylic acids is 1. The van der Waals surface area contributed by atoms with Crippen molar-refractivity contribution in [2.45, 2.75) is 26.2 Å². The zero-order chi connectivity index (χ0) is 14.5. The van der Waals surface area contributed by atoms with E-state index in [1.807, 2.05) is 19.1 Å². The minimum Gasteiger partial charge on any atom is -0.481 e. The summed E-state index contributed by atoms with van der Waals surface area (Å²) in [5.41, 5.74) is 1.06. The second kappa shape index (κ2) is 6.50. The molecule has 0 aliphatic heterocycles. The van der Waals surface area contributed by atoms with Gasteiger partial charge in [0.1, 0.15) is 0 Å². The van der Waals surface area contributed by atoms with Crippen LogP contribution in [0.5, 0.6) is 0 Å². The summed E-state index contributed by atoms with van der Waals surface area (Å²) in [6.45, 7) is 2.51. The SMILES string of the molecule is CC1CC(C(=O)O)C(C(=O)NCCc2cccnc2)C1. The number of carbonyl (C=O) groups is 2. The maximum Gasteiger partial charge on any atom is 0.307 e. The number of hydrogen-bond donors (Lipinski definition) is 2. The number of amides is 1. The molecule has 1 aliphatic carbocycles. The number of hydrogen-bond acceptors (Lipinski definition) is 3. The van der Waals surface area contributed by atoms with Crippen molar-refractivity contribution in [3.05, 3.63) is 30.1 Å². The van der Waals surface area contributed by atoms with E-state index in [-0.39, 0.29) is 5.91 Å². The predicted octanol–water partition coefficient (Wildman–Crippen LogP) is 1.49. The maximum absolute atomic E-state index is 12.1. The first-order chi connectivity index (χ1) is 9.58. The summed E-state index contributed by atoms with van der Waals surface area (Å²) in [5, 5.41) is 12.0. The summed E-state index contributed by atoms with van der Waals surface area (Å²) in [4.78, 5) is 27.3. The van der Waals surface area contributed by atoms with Gasteiger partial charge >= 0.3 is 5.97 Å². The molecule has 1 aromatic rings. The number of carboxylic acid groups (broad SMARTS) is 1. The first-order valence-electron chi connectivity index (χ1n) is 6.97. The normalized spacial score (nSPS) is 25.4. The van der Waals surface area contributed by atoms with Gasteiger partial charge in [-0.25, -0.2) is 0 Å². The highest BCUT2D eigenvalue weighted by atomic mass is 16.4. The molecule has 0 radical (unpaired) electrons. The van der Waals surface area contributed by atoms with Gasteiger partial charge in [0.05, 0.1) is 11.8 Å². The lowest BCUT2D eigenvalue weighted by molar-refractivity contribution is -0.146. The lowest BCUT2D eigenvalue weighted by Crippen LogP contribution is -2.36. The summed E-state index contributed by atoms with van der Waals surface area (Å²) in [6.07, 6.45) is 5.44. The monoisotopic (exact) mass is 276 g/mol. The summed E-state index contributed by atoms with van der Waals surface area (Å²) >= 11 is 0. The third-order valence-corrected chi connectivity index (χ3v) is 3.89. The molecule has 1 heterocycles. The molecule has 1 fully saturated rings. The smallest absolute Gasteiger partial charge is 0.307 e. The molecule has 0 bridgehead atoms. The maximum atomic E-state index is 12.1. The Morgan fingerprint density at radius 2 is 2.15 bits per heavy atom. The molecular formula is C15H20N2O3. The fourth-order valence-electron chi connectivity index (χ4n) is 2.86. The number of rotatable bonds is 5. The van der Waals surface area contributed by atoms with E-state index in [1.54, 1.807) is 12.4 Å². The Morgan fingerprint density at radius 3 is 2.80 bits per heavy atom. The predicted molar refractivity (Wildman–Crippen MR) is 74.0 cm³/mol. The molecule has 1 amide bonds. The molecule has 0 aromatic carbocycles. The molecule has 2 N–H and O–H groups in total. The molecule has 3 unspecified atom stereocenters. The first kappa shape index (κ1) is 14.5. The third kappa shape index (κ3) is 3.56. The van der Waals surface area contributed by atoms with Crippen molar-refractivity contribution >= 4 is 11.9 Å². The molecule has 108 valence electrons. The van der Waals surface area contributed by atoms with Gasteiger partial charge in [0.15, 0.2) is 0 Å². The minimum absolute atomic E-state index is 0.134. The highest BCUT2D eigenvalue weighted by Crippen LogP contribution is 2.36. The van der Waals surface area contributed by atoms with Gasteiger partial charge in [0.25, 0.3) is 0 Å². The molecule has 1 aromatic heterocycles. The zero-order valence-corrected chi connectivity index (χ0v) is 11.6. The number of nitrogens with one attached hydrogen (secondary N) is 1. The van der Waals surface area contributed by atoms with Crippen LogP contribution in [-0.4, -0.2) is 28.5 Å². The van der Waals surface area contributed by atoms with Gasteiger partial charge in [-0.15, -0.1) is 0 Å². The van der Waals surface area contributed by atoms with Crippen LogP contribution in [0.15, 0.2) is 24.5 Å². The van der Waals surface area contributed by atoms with Crippen molar-refractivity contribution in [1.82, 2.24) is 10.3 Å². The molecule has 5 nitrogen and oxygen atoms in total. The Kier molecular flexibility index (Phi) is 4.71. The van der Waals surface area contributed by atoms with Crippen molar-refractivity contribution in [3.8, 4) is 0 Å². The van der Waals surface area contributed by atoms with E-state index in [9.17, 15) is 9.59 Å². The average molecular weight is 276 g/mol. The van der Waals surface area contributed by atoms with E-state index < -0.39 is 17.8 Å². The largest absolute Gasteiger partial charge is 0.481 e. The fraction of sp³-hybridized carbons (Fsp3) is 0.533.